The lowest BCUT2D eigenvalue weighted by atomic mass is 10.0. The third-order valence-electron chi connectivity index (χ3n) is 2.90. The highest BCUT2D eigenvalue weighted by atomic mass is 16.5. The maximum absolute atomic E-state index is 5.13. The summed E-state index contributed by atoms with van der Waals surface area (Å²) in [5, 5.41) is 4.18. The van der Waals surface area contributed by atoms with Gasteiger partial charge in [0.05, 0.1) is 13.2 Å². The zero-order valence-electron chi connectivity index (χ0n) is 9.47. The van der Waals surface area contributed by atoms with E-state index in [-0.39, 0.29) is 0 Å². The van der Waals surface area contributed by atoms with E-state index in [0.717, 1.165) is 37.2 Å². The van der Waals surface area contributed by atoms with Crippen molar-refractivity contribution in [3.63, 3.8) is 0 Å². The average molecular weight is 230 g/mol. The Balaban J connectivity index is 1.63. The topological polar surface area (TPSA) is 59.9 Å². The standard InChI is InChI=1S/C12H14N4O/c1-2-10-6-15-12(16-11(10)13-4-1)14-5-3-9-7-17-8-9/h1-2,4,6,9H,3,5,7-8H2,(H,13,14,15,16). The van der Waals surface area contributed by atoms with Crippen molar-refractivity contribution in [3.8, 4) is 0 Å². The van der Waals surface area contributed by atoms with Crippen LogP contribution >= 0.6 is 0 Å². The van der Waals surface area contributed by atoms with E-state index < -0.39 is 0 Å². The number of ether oxygens (including phenoxy) is 1. The fraction of sp³-hybridized carbons (Fsp3) is 0.417. The first-order valence-electron chi connectivity index (χ1n) is 5.81. The monoisotopic (exact) mass is 230 g/mol. The van der Waals surface area contributed by atoms with Gasteiger partial charge >= 0.3 is 0 Å². The van der Waals surface area contributed by atoms with Gasteiger partial charge in [-0.05, 0) is 18.6 Å². The molecular weight excluding hydrogens is 216 g/mol. The molecule has 3 heterocycles. The van der Waals surface area contributed by atoms with Crippen molar-refractivity contribution in [2.24, 2.45) is 5.92 Å². The molecule has 2 aromatic rings. The van der Waals surface area contributed by atoms with Gasteiger partial charge in [-0.2, -0.15) is 4.98 Å². The Morgan fingerprint density at radius 3 is 3.12 bits per heavy atom. The number of hydrogen-bond donors (Lipinski definition) is 1. The van der Waals surface area contributed by atoms with Gasteiger partial charge in [0.2, 0.25) is 5.95 Å². The quantitative estimate of drug-likeness (QED) is 0.862. The van der Waals surface area contributed by atoms with Crippen LogP contribution in [0.4, 0.5) is 5.95 Å². The fourth-order valence-corrected chi connectivity index (χ4v) is 1.79. The molecule has 0 spiro atoms. The molecule has 0 aromatic carbocycles. The van der Waals surface area contributed by atoms with E-state index in [1.54, 1.807) is 12.4 Å². The molecule has 0 bridgehead atoms. The van der Waals surface area contributed by atoms with E-state index in [0.29, 0.717) is 11.9 Å². The molecular formula is C12H14N4O. The summed E-state index contributed by atoms with van der Waals surface area (Å²) in [7, 11) is 0. The third kappa shape index (κ3) is 2.34. The number of anilines is 1. The lowest BCUT2D eigenvalue weighted by molar-refractivity contribution is -0.0337. The zero-order chi connectivity index (χ0) is 11.5. The third-order valence-corrected chi connectivity index (χ3v) is 2.90. The minimum atomic E-state index is 0.649. The molecule has 0 atom stereocenters. The van der Waals surface area contributed by atoms with Crippen LogP contribution in [0, 0.1) is 5.92 Å². The molecule has 0 saturated carbocycles. The summed E-state index contributed by atoms with van der Waals surface area (Å²) >= 11 is 0. The minimum Gasteiger partial charge on any atom is -0.381 e. The SMILES string of the molecule is c1cnc2nc(NCCC3COC3)ncc2c1. The van der Waals surface area contributed by atoms with Crippen LogP contribution in [-0.2, 0) is 4.74 Å². The second-order valence-electron chi connectivity index (χ2n) is 4.23. The second-order valence-corrected chi connectivity index (χ2v) is 4.23. The molecule has 1 aliphatic heterocycles. The zero-order valence-corrected chi connectivity index (χ0v) is 9.47. The molecule has 1 fully saturated rings. The van der Waals surface area contributed by atoms with Crippen molar-refractivity contribution in [2.75, 3.05) is 25.1 Å². The van der Waals surface area contributed by atoms with Crippen molar-refractivity contribution in [3.05, 3.63) is 24.5 Å². The predicted molar refractivity (Wildman–Crippen MR) is 64.7 cm³/mol. The molecule has 5 nitrogen and oxygen atoms in total. The second kappa shape index (κ2) is 4.63. The normalized spacial score (nSPS) is 15.8. The van der Waals surface area contributed by atoms with Crippen LogP contribution in [-0.4, -0.2) is 34.7 Å². The number of pyridine rings is 1. The van der Waals surface area contributed by atoms with Crippen LogP contribution in [0.25, 0.3) is 11.0 Å². The van der Waals surface area contributed by atoms with Crippen LogP contribution in [0.15, 0.2) is 24.5 Å². The largest absolute Gasteiger partial charge is 0.381 e. The van der Waals surface area contributed by atoms with Crippen LogP contribution in [0.5, 0.6) is 0 Å². The van der Waals surface area contributed by atoms with Crippen LogP contribution in [0.1, 0.15) is 6.42 Å². The first-order valence-corrected chi connectivity index (χ1v) is 5.81. The maximum atomic E-state index is 5.13. The van der Waals surface area contributed by atoms with Gasteiger partial charge in [0.25, 0.3) is 0 Å². The van der Waals surface area contributed by atoms with Crippen molar-refractivity contribution in [1.29, 1.82) is 0 Å². The molecule has 5 heteroatoms. The first-order chi connectivity index (χ1) is 8.42. The number of fused-ring (bicyclic) bond motifs is 1. The summed E-state index contributed by atoms with van der Waals surface area (Å²) in [6, 6.07) is 3.84. The molecule has 1 saturated heterocycles. The average Bonchev–Trinajstić information content (AvgIpc) is 2.32. The van der Waals surface area contributed by atoms with Gasteiger partial charge in [-0.3, -0.25) is 0 Å². The molecule has 0 radical (unpaired) electrons. The molecule has 88 valence electrons. The summed E-state index contributed by atoms with van der Waals surface area (Å²) in [5.41, 5.74) is 0.733. The van der Waals surface area contributed by atoms with Gasteiger partial charge in [0.15, 0.2) is 5.65 Å². The van der Waals surface area contributed by atoms with Gasteiger partial charge in [-0.25, -0.2) is 9.97 Å². The highest BCUT2D eigenvalue weighted by Crippen LogP contribution is 2.14. The number of aromatic nitrogens is 3. The highest BCUT2D eigenvalue weighted by molar-refractivity contribution is 5.74. The Kier molecular flexibility index (Phi) is 2.83. The maximum Gasteiger partial charge on any atom is 0.224 e. The lowest BCUT2D eigenvalue weighted by Crippen LogP contribution is -2.29. The van der Waals surface area contributed by atoms with Crippen molar-refractivity contribution < 1.29 is 4.74 Å². The van der Waals surface area contributed by atoms with Crippen molar-refractivity contribution >= 4 is 17.0 Å². The Bertz CT molecular complexity index is 513. The van der Waals surface area contributed by atoms with E-state index in [4.69, 9.17) is 4.74 Å². The summed E-state index contributed by atoms with van der Waals surface area (Å²) in [6.07, 6.45) is 4.64. The molecule has 0 unspecified atom stereocenters. The highest BCUT2D eigenvalue weighted by Gasteiger charge is 2.17. The Labute approximate surface area is 99.3 Å². The van der Waals surface area contributed by atoms with Gasteiger partial charge in [0.1, 0.15) is 0 Å². The van der Waals surface area contributed by atoms with Gasteiger partial charge in [-0.15, -0.1) is 0 Å². The molecule has 3 rings (SSSR count). The Hall–Kier alpha value is -1.75. The van der Waals surface area contributed by atoms with Gasteiger partial charge < -0.3 is 10.1 Å². The first kappa shape index (κ1) is 10.4. The summed E-state index contributed by atoms with van der Waals surface area (Å²) < 4.78 is 5.13. The van der Waals surface area contributed by atoms with E-state index in [1.165, 1.54) is 0 Å². The molecule has 1 aliphatic rings. The van der Waals surface area contributed by atoms with Crippen molar-refractivity contribution in [2.45, 2.75) is 6.42 Å². The summed E-state index contributed by atoms with van der Waals surface area (Å²) in [4.78, 5) is 12.8. The Morgan fingerprint density at radius 1 is 1.35 bits per heavy atom. The molecule has 17 heavy (non-hydrogen) atoms. The minimum absolute atomic E-state index is 0.649. The number of nitrogens with zero attached hydrogens (tertiary/aromatic N) is 3. The van der Waals surface area contributed by atoms with E-state index in [1.807, 2.05) is 12.1 Å². The number of hydrogen-bond acceptors (Lipinski definition) is 5. The fourth-order valence-electron chi connectivity index (χ4n) is 1.79. The molecule has 0 aliphatic carbocycles. The number of nitrogens with one attached hydrogen (secondary N) is 1. The molecule has 2 aromatic heterocycles. The Morgan fingerprint density at radius 2 is 2.29 bits per heavy atom. The van der Waals surface area contributed by atoms with Gasteiger partial charge in [-0.1, -0.05) is 0 Å². The smallest absolute Gasteiger partial charge is 0.224 e. The van der Waals surface area contributed by atoms with Gasteiger partial charge in [0, 0.05) is 30.2 Å². The summed E-state index contributed by atoms with van der Waals surface area (Å²) in [6.45, 7) is 2.66. The van der Waals surface area contributed by atoms with E-state index >= 15 is 0 Å². The summed E-state index contributed by atoms with van der Waals surface area (Å²) in [5.74, 6) is 1.34. The van der Waals surface area contributed by atoms with Crippen LogP contribution in [0.2, 0.25) is 0 Å². The van der Waals surface area contributed by atoms with E-state index in [2.05, 4.69) is 20.3 Å². The molecule has 1 N–H and O–H groups in total. The van der Waals surface area contributed by atoms with Crippen molar-refractivity contribution in [1.82, 2.24) is 15.0 Å². The van der Waals surface area contributed by atoms with Crippen LogP contribution in [0.3, 0.4) is 0 Å². The van der Waals surface area contributed by atoms with Crippen LogP contribution < -0.4 is 5.32 Å². The lowest BCUT2D eigenvalue weighted by Gasteiger charge is -2.25. The molecule has 0 amide bonds. The van der Waals surface area contributed by atoms with E-state index in [9.17, 15) is 0 Å². The number of rotatable bonds is 4. The predicted octanol–water partition coefficient (Wildman–Crippen LogP) is 1.47.